The average Bonchev–Trinajstić information content (AvgIpc) is 3.14. The first-order valence-corrected chi connectivity index (χ1v) is 9.24. The summed E-state index contributed by atoms with van der Waals surface area (Å²) >= 11 is 0. The van der Waals surface area contributed by atoms with Gasteiger partial charge in [-0.25, -0.2) is 9.97 Å². The fourth-order valence-corrected chi connectivity index (χ4v) is 3.17. The van der Waals surface area contributed by atoms with Gasteiger partial charge < -0.3 is 25.1 Å². The minimum atomic E-state index is 0.412. The largest absolute Gasteiger partial charge is 0.491 e. The second-order valence-electron chi connectivity index (χ2n) is 6.58. The fraction of sp³-hybridized carbons (Fsp3) is 0.421. The highest BCUT2D eigenvalue weighted by Gasteiger charge is 2.19. The first kappa shape index (κ1) is 17.7. The molecule has 1 aliphatic rings. The van der Waals surface area contributed by atoms with Crippen LogP contribution in [0.1, 0.15) is 24.6 Å². The van der Waals surface area contributed by atoms with E-state index in [-0.39, 0.29) is 0 Å². The Kier molecular flexibility index (Phi) is 5.45. The van der Waals surface area contributed by atoms with Crippen molar-refractivity contribution >= 4 is 22.8 Å². The Morgan fingerprint density at radius 3 is 2.85 bits per heavy atom. The molecule has 1 saturated heterocycles. The van der Waals surface area contributed by atoms with Gasteiger partial charge in [-0.2, -0.15) is 4.98 Å². The number of hydrogen-bond donors (Lipinski definition) is 3. The lowest BCUT2D eigenvalue weighted by Crippen LogP contribution is -2.28. The fourth-order valence-electron chi connectivity index (χ4n) is 3.17. The van der Waals surface area contributed by atoms with Gasteiger partial charge in [0.2, 0.25) is 5.95 Å². The molecule has 4 rings (SSSR count). The molecule has 2 aromatic heterocycles. The maximum absolute atomic E-state index is 5.57. The Balaban J connectivity index is 1.44. The summed E-state index contributed by atoms with van der Waals surface area (Å²) in [5.74, 6) is 2.73. The summed E-state index contributed by atoms with van der Waals surface area (Å²) in [4.78, 5) is 16.9. The monoisotopic (exact) mass is 368 g/mol. The van der Waals surface area contributed by atoms with Crippen LogP contribution < -0.4 is 15.4 Å². The summed E-state index contributed by atoms with van der Waals surface area (Å²) in [6, 6.07) is 7.67. The van der Waals surface area contributed by atoms with Crippen LogP contribution in [0.25, 0.3) is 11.2 Å². The van der Waals surface area contributed by atoms with Gasteiger partial charge in [-0.1, -0.05) is 0 Å². The molecule has 1 atom stereocenters. The summed E-state index contributed by atoms with van der Waals surface area (Å²) in [6.07, 6.45) is 4.07. The zero-order valence-electron chi connectivity index (χ0n) is 15.4. The minimum Gasteiger partial charge on any atom is -0.491 e. The van der Waals surface area contributed by atoms with Crippen molar-refractivity contribution in [1.82, 2.24) is 25.3 Å². The molecule has 0 bridgehead atoms. The zero-order chi connectivity index (χ0) is 18.5. The Hall–Kier alpha value is -2.71. The van der Waals surface area contributed by atoms with Gasteiger partial charge in [0.05, 0.1) is 12.8 Å². The van der Waals surface area contributed by atoms with Gasteiger partial charge in [-0.15, -0.1) is 0 Å². The quantitative estimate of drug-likeness (QED) is 0.552. The maximum Gasteiger partial charge on any atom is 0.229 e. The number of H-pyrrole nitrogens is 1. The smallest absolute Gasteiger partial charge is 0.229 e. The van der Waals surface area contributed by atoms with E-state index in [4.69, 9.17) is 9.47 Å². The van der Waals surface area contributed by atoms with Crippen LogP contribution in [0.5, 0.6) is 5.75 Å². The van der Waals surface area contributed by atoms with Crippen molar-refractivity contribution in [2.45, 2.75) is 18.8 Å². The highest BCUT2D eigenvalue weighted by molar-refractivity contribution is 5.71. The van der Waals surface area contributed by atoms with E-state index < -0.39 is 0 Å². The number of methoxy groups -OCH3 is 1. The van der Waals surface area contributed by atoms with Gasteiger partial charge in [0.25, 0.3) is 0 Å². The van der Waals surface area contributed by atoms with E-state index in [0.29, 0.717) is 25.1 Å². The number of aromatic amines is 1. The zero-order valence-corrected chi connectivity index (χ0v) is 15.4. The second-order valence-corrected chi connectivity index (χ2v) is 6.58. The Morgan fingerprint density at radius 2 is 2.07 bits per heavy atom. The molecule has 8 heteroatoms. The molecule has 8 nitrogen and oxygen atoms in total. The predicted molar refractivity (Wildman–Crippen MR) is 104 cm³/mol. The van der Waals surface area contributed by atoms with Gasteiger partial charge in [0.15, 0.2) is 5.65 Å². The highest BCUT2D eigenvalue weighted by Crippen LogP contribution is 2.23. The number of piperidine rings is 1. The third-order valence-corrected chi connectivity index (χ3v) is 4.61. The number of aromatic nitrogens is 4. The van der Waals surface area contributed by atoms with E-state index in [9.17, 15) is 0 Å². The number of ether oxygens (including phenoxy) is 2. The number of nitrogens with one attached hydrogen (secondary N) is 3. The number of nitrogens with zero attached hydrogens (tertiary/aromatic N) is 3. The molecule has 1 aliphatic heterocycles. The van der Waals surface area contributed by atoms with Crippen LogP contribution in [0.2, 0.25) is 0 Å². The summed E-state index contributed by atoms with van der Waals surface area (Å²) in [6.45, 7) is 3.14. The minimum absolute atomic E-state index is 0.412. The van der Waals surface area contributed by atoms with Crippen molar-refractivity contribution in [3.63, 3.8) is 0 Å². The van der Waals surface area contributed by atoms with Crippen LogP contribution in [0.4, 0.5) is 11.6 Å². The van der Waals surface area contributed by atoms with Gasteiger partial charge in [-0.05, 0) is 43.7 Å². The van der Waals surface area contributed by atoms with E-state index in [2.05, 4.69) is 30.6 Å². The van der Waals surface area contributed by atoms with Crippen molar-refractivity contribution < 1.29 is 9.47 Å². The van der Waals surface area contributed by atoms with Crippen LogP contribution in [-0.2, 0) is 4.74 Å². The van der Waals surface area contributed by atoms with Crippen LogP contribution in [-0.4, -0.2) is 53.3 Å². The lowest BCUT2D eigenvalue weighted by Gasteiger charge is -2.20. The highest BCUT2D eigenvalue weighted by atomic mass is 16.5. The molecule has 0 aliphatic carbocycles. The molecule has 3 aromatic rings. The molecule has 3 N–H and O–H groups in total. The molecule has 0 spiro atoms. The van der Waals surface area contributed by atoms with Crippen LogP contribution in [0.3, 0.4) is 0 Å². The van der Waals surface area contributed by atoms with E-state index in [1.807, 2.05) is 24.3 Å². The molecule has 0 amide bonds. The van der Waals surface area contributed by atoms with Crippen LogP contribution in [0.15, 0.2) is 30.5 Å². The maximum atomic E-state index is 5.57. The number of anilines is 2. The molecule has 0 radical (unpaired) electrons. The standard InChI is InChI=1S/C19H24N6O2/c1-26-9-10-27-15-6-4-14(5-7-15)22-19-21-12-16-18(25-19)24-17(23-16)13-3-2-8-20-11-13/h4-7,12-13,20H,2-3,8-11H2,1H3,(H2,21,22,23,24,25). The number of rotatable bonds is 7. The van der Waals surface area contributed by atoms with Crippen molar-refractivity contribution in [2.24, 2.45) is 0 Å². The van der Waals surface area contributed by atoms with Crippen LogP contribution >= 0.6 is 0 Å². The summed E-state index contributed by atoms with van der Waals surface area (Å²) < 4.78 is 10.5. The predicted octanol–water partition coefficient (Wildman–Crippen LogP) is 2.59. The molecule has 142 valence electrons. The molecule has 3 heterocycles. The summed E-state index contributed by atoms with van der Waals surface area (Å²) in [5.41, 5.74) is 2.44. The Bertz CT molecular complexity index is 874. The number of hydrogen-bond acceptors (Lipinski definition) is 7. The van der Waals surface area contributed by atoms with Crippen molar-refractivity contribution in [3.05, 3.63) is 36.3 Å². The topological polar surface area (TPSA) is 97.0 Å². The van der Waals surface area contributed by atoms with Gasteiger partial charge in [0.1, 0.15) is 23.7 Å². The second kappa shape index (κ2) is 8.32. The summed E-state index contributed by atoms with van der Waals surface area (Å²) in [5, 5.41) is 6.63. The average molecular weight is 368 g/mol. The van der Waals surface area contributed by atoms with E-state index in [1.54, 1.807) is 13.3 Å². The summed E-state index contributed by atoms with van der Waals surface area (Å²) in [7, 11) is 1.65. The SMILES string of the molecule is COCCOc1ccc(Nc2ncc3nc(C4CCCNC4)[nH]c3n2)cc1. The van der Waals surface area contributed by atoms with Gasteiger partial charge in [0, 0.05) is 25.3 Å². The molecule has 1 fully saturated rings. The first-order valence-electron chi connectivity index (χ1n) is 9.24. The van der Waals surface area contributed by atoms with E-state index in [1.165, 1.54) is 6.42 Å². The van der Waals surface area contributed by atoms with Crippen molar-refractivity contribution in [2.75, 3.05) is 38.7 Å². The normalized spacial score (nSPS) is 17.1. The van der Waals surface area contributed by atoms with Gasteiger partial charge >= 0.3 is 0 Å². The van der Waals surface area contributed by atoms with Crippen LogP contribution in [0, 0.1) is 0 Å². The molecule has 27 heavy (non-hydrogen) atoms. The molecule has 0 saturated carbocycles. The Morgan fingerprint density at radius 1 is 1.19 bits per heavy atom. The third-order valence-electron chi connectivity index (χ3n) is 4.61. The van der Waals surface area contributed by atoms with E-state index in [0.717, 1.165) is 47.9 Å². The van der Waals surface area contributed by atoms with Crippen molar-refractivity contribution in [1.29, 1.82) is 0 Å². The molecule has 1 aromatic carbocycles. The number of benzene rings is 1. The third kappa shape index (κ3) is 4.35. The molecule has 1 unspecified atom stereocenters. The lowest BCUT2D eigenvalue weighted by molar-refractivity contribution is 0.146. The molecular formula is C19H24N6O2. The Labute approximate surface area is 157 Å². The first-order chi connectivity index (χ1) is 13.3. The number of fused-ring (bicyclic) bond motifs is 1. The lowest BCUT2D eigenvalue weighted by atomic mass is 9.99. The van der Waals surface area contributed by atoms with Gasteiger partial charge in [-0.3, -0.25) is 0 Å². The molecular weight excluding hydrogens is 344 g/mol. The van der Waals surface area contributed by atoms with Crippen molar-refractivity contribution in [3.8, 4) is 5.75 Å². The van der Waals surface area contributed by atoms with E-state index >= 15 is 0 Å². The number of imidazole rings is 1.